The van der Waals surface area contributed by atoms with Crippen molar-refractivity contribution in [1.82, 2.24) is 14.9 Å². The molecule has 0 bridgehead atoms. The molecule has 0 radical (unpaired) electrons. The number of para-hydroxylation sites is 2. The Morgan fingerprint density at radius 2 is 2.11 bits per heavy atom. The molecule has 8 heteroatoms. The zero-order valence-electron chi connectivity index (χ0n) is 14.8. The van der Waals surface area contributed by atoms with Gasteiger partial charge in [-0.1, -0.05) is 19.1 Å². The first-order chi connectivity index (χ1) is 13.0. The number of nitrogens with zero attached hydrogens (tertiary/aromatic N) is 2. The van der Waals surface area contributed by atoms with E-state index in [1.54, 1.807) is 12.1 Å². The third kappa shape index (κ3) is 3.54. The zero-order chi connectivity index (χ0) is 19.0. The monoisotopic (exact) mass is 399 g/mol. The van der Waals surface area contributed by atoms with Crippen LogP contribution in [-0.2, 0) is 4.79 Å². The maximum atomic E-state index is 12.5. The molecular weight excluding hydrogens is 382 g/mol. The normalized spacial score (nSPS) is 17.4. The lowest BCUT2D eigenvalue weighted by atomic mass is 10.2. The van der Waals surface area contributed by atoms with Crippen LogP contribution in [-0.4, -0.2) is 32.1 Å². The molecular formula is C19H17N3O3S2. The van der Waals surface area contributed by atoms with Gasteiger partial charge in [0.15, 0.2) is 10.2 Å². The Balaban J connectivity index is 1.52. The lowest BCUT2D eigenvalue weighted by Gasteiger charge is -2.19. The number of carbonyl (C=O) groups excluding carboxylic acids is 2. The highest BCUT2D eigenvalue weighted by Gasteiger charge is 2.37. The first-order valence-electron chi connectivity index (χ1n) is 8.54. The molecule has 1 aliphatic rings. The number of nitrogens with one attached hydrogen (secondary N) is 1. The maximum absolute atomic E-state index is 12.5. The van der Waals surface area contributed by atoms with Crippen molar-refractivity contribution in [2.75, 3.05) is 0 Å². The molecule has 4 rings (SSSR count). The molecule has 3 heterocycles. The Morgan fingerprint density at radius 3 is 2.89 bits per heavy atom. The lowest BCUT2D eigenvalue weighted by Crippen LogP contribution is -2.36. The molecule has 1 atom stereocenters. The fourth-order valence-electron chi connectivity index (χ4n) is 2.71. The quantitative estimate of drug-likeness (QED) is 0.598. The van der Waals surface area contributed by atoms with E-state index in [0.29, 0.717) is 15.8 Å². The number of benzene rings is 1. The number of thioether (sulfide) groups is 1. The van der Waals surface area contributed by atoms with Gasteiger partial charge in [-0.25, -0.2) is 4.98 Å². The van der Waals surface area contributed by atoms with Gasteiger partial charge in [0, 0.05) is 12.1 Å². The number of carbonyl (C=O) groups is 2. The highest BCUT2D eigenvalue weighted by atomic mass is 32.2. The van der Waals surface area contributed by atoms with E-state index in [2.05, 4.69) is 9.97 Å². The molecule has 27 heavy (non-hydrogen) atoms. The molecule has 1 aliphatic heterocycles. The molecule has 6 nitrogen and oxygen atoms in total. The van der Waals surface area contributed by atoms with Crippen molar-refractivity contribution < 1.29 is 14.0 Å². The van der Waals surface area contributed by atoms with Crippen LogP contribution < -0.4 is 0 Å². The summed E-state index contributed by atoms with van der Waals surface area (Å²) in [6, 6.07) is 11.3. The number of hydrogen-bond acceptors (Lipinski definition) is 6. The SMILES string of the molecule is CCC(C)N1C(=O)S/C(=C\c2ccc(Sc3nc4ccccc4[nH]3)o2)C1=O. The number of fused-ring (bicyclic) bond motifs is 1. The van der Waals surface area contributed by atoms with Crippen molar-refractivity contribution in [3.05, 3.63) is 47.1 Å². The maximum Gasteiger partial charge on any atom is 0.293 e. The summed E-state index contributed by atoms with van der Waals surface area (Å²) in [4.78, 5) is 34.0. The molecule has 2 aromatic heterocycles. The average molecular weight is 399 g/mol. The largest absolute Gasteiger partial charge is 0.450 e. The number of hydrogen-bond donors (Lipinski definition) is 1. The number of H-pyrrole nitrogens is 1. The average Bonchev–Trinajstić information content (AvgIpc) is 3.33. The molecule has 0 saturated carbocycles. The Kier molecular flexibility index (Phi) is 4.84. The minimum absolute atomic E-state index is 0.112. The first-order valence-corrected chi connectivity index (χ1v) is 10.2. The predicted molar refractivity (Wildman–Crippen MR) is 106 cm³/mol. The number of aromatic amines is 1. The Bertz CT molecular complexity index is 1020. The van der Waals surface area contributed by atoms with Crippen LogP contribution in [0.3, 0.4) is 0 Å². The third-order valence-corrected chi connectivity index (χ3v) is 5.99. The van der Waals surface area contributed by atoms with Crippen molar-refractivity contribution >= 4 is 51.8 Å². The van der Waals surface area contributed by atoms with Gasteiger partial charge in [0.1, 0.15) is 5.76 Å². The second-order valence-corrected chi connectivity index (χ2v) is 8.11. The van der Waals surface area contributed by atoms with E-state index in [1.165, 1.54) is 16.7 Å². The van der Waals surface area contributed by atoms with Gasteiger partial charge in [0.05, 0.1) is 15.9 Å². The summed E-state index contributed by atoms with van der Waals surface area (Å²) in [5.41, 5.74) is 1.86. The molecule has 0 spiro atoms. The topological polar surface area (TPSA) is 79.2 Å². The summed E-state index contributed by atoms with van der Waals surface area (Å²) >= 11 is 2.32. The van der Waals surface area contributed by atoms with Gasteiger partial charge in [0.25, 0.3) is 11.1 Å². The van der Waals surface area contributed by atoms with Gasteiger partial charge in [-0.2, -0.15) is 0 Å². The highest BCUT2D eigenvalue weighted by Crippen LogP contribution is 2.35. The highest BCUT2D eigenvalue weighted by molar-refractivity contribution is 8.18. The minimum Gasteiger partial charge on any atom is -0.450 e. The summed E-state index contributed by atoms with van der Waals surface area (Å²) in [6.45, 7) is 3.82. The summed E-state index contributed by atoms with van der Waals surface area (Å²) in [6.07, 6.45) is 2.35. The summed E-state index contributed by atoms with van der Waals surface area (Å²) < 4.78 is 5.78. The second-order valence-electron chi connectivity index (χ2n) is 6.13. The molecule has 1 aromatic carbocycles. The number of rotatable bonds is 5. The molecule has 138 valence electrons. The minimum atomic E-state index is -0.262. The number of imide groups is 1. The van der Waals surface area contributed by atoms with Gasteiger partial charge < -0.3 is 9.40 Å². The van der Waals surface area contributed by atoms with E-state index in [0.717, 1.165) is 34.4 Å². The number of furan rings is 1. The summed E-state index contributed by atoms with van der Waals surface area (Å²) in [7, 11) is 0. The fourth-order valence-corrected chi connectivity index (χ4v) is 4.39. The van der Waals surface area contributed by atoms with E-state index in [1.807, 2.05) is 44.2 Å². The zero-order valence-corrected chi connectivity index (χ0v) is 16.4. The van der Waals surface area contributed by atoms with Crippen LogP contribution in [0.1, 0.15) is 26.0 Å². The fraction of sp³-hybridized carbons (Fsp3) is 0.211. The number of amides is 2. The molecule has 2 amide bonds. The van der Waals surface area contributed by atoms with E-state index in [-0.39, 0.29) is 17.2 Å². The van der Waals surface area contributed by atoms with Crippen LogP contribution in [0.4, 0.5) is 4.79 Å². The Hall–Kier alpha value is -2.45. The van der Waals surface area contributed by atoms with Crippen LogP contribution in [0.25, 0.3) is 17.1 Å². The predicted octanol–water partition coefficient (Wildman–Crippen LogP) is 5.14. The van der Waals surface area contributed by atoms with E-state index in [9.17, 15) is 9.59 Å². The van der Waals surface area contributed by atoms with Crippen molar-refractivity contribution in [3.8, 4) is 0 Å². The van der Waals surface area contributed by atoms with Gasteiger partial charge in [0.2, 0.25) is 0 Å². The smallest absolute Gasteiger partial charge is 0.293 e. The van der Waals surface area contributed by atoms with Crippen LogP contribution >= 0.6 is 23.5 Å². The van der Waals surface area contributed by atoms with Crippen molar-refractivity contribution in [1.29, 1.82) is 0 Å². The Morgan fingerprint density at radius 1 is 1.30 bits per heavy atom. The molecule has 1 saturated heterocycles. The number of aromatic nitrogens is 2. The van der Waals surface area contributed by atoms with Crippen LogP contribution in [0.5, 0.6) is 0 Å². The van der Waals surface area contributed by atoms with Crippen LogP contribution in [0.15, 0.2) is 56.0 Å². The Labute approximate surface area is 164 Å². The molecule has 1 fully saturated rings. The van der Waals surface area contributed by atoms with Crippen LogP contribution in [0, 0.1) is 0 Å². The summed E-state index contributed by atoms with van der Waals surface area (Å²) in [5, 5.41) is 1.15. The summed E-state index contributed by atoms with van der Waals surface area (Å²) in [5.74, 6) is 0.269. The second kappa shape index (κ2) is 7.28. The lowest BCUT2D eigenvalue weighted by molar-refractivity contribution is -0.124. The molecule has 3 aromatic rings. The van der Waals surface area contributed by atoms with Gasteiger partial charge in [-0.05, 0) is 61.1 Å². The standard InChI is InChI=1S/C19H17N3O3S2/c1-3-11(2)22-17(23)15(26-19(22)24)10-12-8-9-16(25-12)27-18-20-13-6-4-5-7-14(13)21-18/h4-11H,3H2,1-2H3,(H,20,21)/b15-10-. The van der Waals surface area contributed by atoms with Crippen molar-refractivity contribution in [2.24, 2.45) is 0 Å². The van der Waals surface area contributed by atoms with E-state index < -0.39 is 0 Å². The van der Waals surface area contributed by atoms with Crippen molar-refractivity contribution in [2.45, 2.75) is 36.6 Å². The third-order valence-electron chi connectivity index (χ3n) is 4.30. The van der Waals surface area contributed by atoms with Crippen LogP contribution in [0.2, 0.25) is 0 Å². The number of imidazole rings is 1. The van der Waals surface area contributed by atoms with Gasteiger partial charge in [-0.3, -0.25) is 14.5 Å². The van der Waals surface area contributed by atoms with Crippen molar-refractivity contribution in [3.63, 3.8) is 0 Å². The molecule has 1 N–H and O–H groups in total. The van der Waals surface area contributed by atoms with E-state index in [4.69, 9.17) is 4.42 Å². The molecule has 1 unspecified atom stereocenters. The molecule has 0 aliphatic carbocycles. The van der Waals surface area contributed by atoms with Gasteiger partial charge >= 0.3 is 0 Å². The first kappa shape index (κ1) is 17.9. The van der Waals surface area contributed by atoms with Gasteiger partial charge in [-0.15, -0.1) is 0 Å². The van der Waals surface area contributed by atoms with E-state index >= 15 is 0 Å².